The number of hydrogen-bond acceptors (Lipinski definition) is 6. The fraction of sp³-hybridized carbons (Fsp3) is 0.500. The molecule has 3 amide bonds. The molecule has 208 valence electrons. The standard InChI is InChI=1S/C30H38N4O5/c1-3-39-28-14-24-23(18-34(30(24)38)17-20-8-10-33(11-9-20)19(2)35)12-25(28)29(37)32-16-27(36)26-13-21-6-4-5-7-22(21)15-31-26/h4-7,12,14,20,26-27,31,36H,3,8-11,13,15-18H2,1-2H3,(H,32,37). The second kappa shape index (κ2) is 11.8. The molecule has 2 atom stereocenters. The molecular formula is C30H38N4O5. The third-order valence-corrected chi connectivity index (χ3v) is 8.22. The number of amides is 3. The molecule has 5 rings (SSSR count). The molecule has 0 bridgehead atoms. The second-order valence-corrected chi connectivity index (χ2v) is 10.8. The zero-order valence-electron chi connectivity index (χ0n) is 22.7. The molecule has 1 fully saturated rings. The largest absolute Gasteiger partial charge is 0.493 e. The number of aliphatic hydroxyl groups is 1. The minimum absolute atomic E-state index is 0.0500. The highest BCUT2D eigenvalue weighted by atomic mass is 16.5. The lowest BCUT2D eigenvalue weighted by molar-refractivity contribution is -0.130. The van der Waals surface area contributed by atoms with Gasteiger partial charge in [-0.25, -0.2) is 0 Å². The highest BCUT2D eigenvalue weighted by Crippen LogP contribution is 2.32. The number of fused-ring (bicyclic) bond motifs is 2. The topological polar surface area (TPSA) is 111 Å². The number of piperidine rings is 1. The first-order chi connectivity index (χ1) is 18.8. The molecule has 9 heteroatoms. The molecule has 3 heterocycles. The quantitative estimate of drug-likeness (QED) is 0.479. The minimum atomic E-state index is -0.751. The monoisotopic (exact) mass is 534 g/mol. The zero-order valence-corrected chi connectivity index (χ0v) is 22.7. The molecule has 1 saturated heterocycles. The van der Waals surface area contributed by atoms with Gasteiger partial charge in [0, 0.05) is 57.8 Å². The average Bonchev–Trinajstić information content (AvgIpc) is 3.25. The maximum Gasteiger partial charge on any atom is 0.255 e. The Morgan fingerprint density at radius 3 is 2.62 bits per heavy atom. The van der Waals surface area contributed by atoms with Crippen molar-refractivity contribution in [2.75, 3.05) is 32.8 Å². The Morgan fingerprint density at radius 2 is 1.90 bits per heavy atom. The lowest BCUT2D eigenvalue weighted by Crippen LogP contribution is -2.49. The first-order valence-electron chi connectivity index (χ1n) is 13.9. The lowest BCUT2D eigenvalue weighted by Gasteiger charge is -2.33. The number of nitrogens with zero attached hydrogens (tertiary/aromatic N) is 2. The Morgan fingerprint density at radius 1 is 1.15 bits per heavy atom. The van der Waals surface area contributed by atoms with Gasteiger partial charge in [-0.05, 0) is 60.9 Å². The Kier molecular flexibility index (Phi) is 8.18. The van der Waals surface area contributed by atoms with Crippen LogP contribution < -0.4 is 15.4 Å². The van der Waals surface area contributed by atoms with Gasteiger partial charge in [0.25, 0.3) is 11.8 Å². The smallest absolute Gasteiger partial charge is 0.255 e. The van der Waals surface area contributed by atoms with E-state index in [1.165, 1.54) is 11.1 Å². The van der Waals surface area contributed by atoms with Gasteiger partial charge in [0.2, 0.25) is 5.91 Å². The van der Waals surface area contributed by atoms with E-state index in [0.717, 1.165) is 31.5 Å². The van der Waals surface area contributed by atoms with Gasteiger partial charge in [-0.2, -0.15) is 0 Å². The van der Waals surface area contributed by atoms with Crippen molar-refractivity contribution < 1.29 is 24.2 Å². The van der Waals surface area contributed by atoms with E-state index < -0.39 is 6.10 Å². The average molecular weight is 535 g/mol. The molecule has 0 radical (unpaired) electrons. The van der Waals surface area contributed by atoms with Crippen LogP contribution in [0.25, 0.3) is 0 Å². The van der Waals surface area contributed by atoms with E-state index in [0.29, 0.717) is 55.5 Å². The number of nitrogens with one attached hydrogen (secondary N) is 2. The first kappa shape index (κ1) is 27.1. The maximum absolute atomic E-state index is 13.2. The highest BCUT2D eigenvalue weighted by molar-refractivity contribution is 6.03. The summed E-state index contributed by atoms with van der Waals surface area (Å²) < 4.78 is 5.77. The molecule has 9 nitrogen and oxygen atoms in total. The van der Waals surface area contributed by atoms with Gasteiger partial charge < -0.3 is 30.3 Å². The minimum Gasteiger partial charge on any atom is -0.493 e. The predicted molar refractivity (Wildman–Crippen MR) is 146 cm³/mol. The molecule has 0 aliphatic carbocycles. The molecule has 2 aromatic carbocycles. The molecule has 0 saturated carbocycles. The van der Waals surface area contributed by atoms with E-state index >= 15 is 0 Å². The summed E-state index contributed by atoms with van der Waals surface area (Å²) in [5, 5.41) is 17.1. The highest BCUT2D eigenvalue weighted by Gasteiger charge is 2.33. The third-order valence-electron chi connectivity index (χ3n) is 8.22. The summed E-state index contributed by atoms with van der Waals surface area (Å²) in [5.41, 5.74) is 4.19. The van der Waals surface area contributed by atoms with Gasteiger partial charge in [-0.15, -0.1) is 0 Å². The molecule has 39 heavy (non-hydrogen) atoms. The Labute approximate surface area is 229 Å². The number of aliphatic hydroxyl groups excluding tert-OH is 1. The number of likely N-dealkylation sites (tertiary alicyclic amines) is 1. The predicted octanol–water partition coefficient (Wildman–Crippen LogP) is 2.10. The van der Waals surface area contributed by atoms with Crippen molar-refractivity contribution in [2.45, 2.75) is 58.3 Å². The fourth-order valence-corrected chi connectivity index (χ4v) is 5.93. The second-order valence-electron chi connectivity index (χ2n) is 10.8. The zero-order chi connectivity index (χ0) is 27.5. The molecule has 3 N–H and O–H groups in total. The third kappa shape index (κ3) is 5.94. The van der Waals surface area contributed by atoms with Gasteiger partial charge in [0.1, 0.15) is 5.75 Å². The number of rotatable bonds is 8. The Bertz CT molecular complexity index is 1240. The Hall–Kier alpha value is -3.43. The van der Waals surface area contributed by atoms with Crippen molar-refractivity contribution in [2.24, 2.45) is 5.92 Å². The summed E-state index contributed by atoms with van der Waals surface area (Å²) in [6.45, 7) is 7.11. The van der Waals surface area contributed by atoms with Crippen molar-refractivity contribution in [3.8, 4) is 5.75 Å². The van der Waals surface area contributed by atoms with Crippen LogP contribution in [0.15, 0.2) is 36.4 Å². The van der Waals surface area contributed by atoms with E-state index in [9.17, 15) is 19.5 Å². The summed E-state index contributed by atoms with van der Waals surface area (Å²) in [6.07, 6.45) is 1.70. The van der Waals surface area contributed by atoms with Crippen molar-refractivity contribution >= 4 is 17.7 Å². The summed E-state index contributed by atoms with van der Waals surface area (Å²) in [6, 6.07) is 11.5. The van der Waals surface area contributed by atoms with E-state index in [2.05, 4.69) is 22.8 Å². The molecule has 3 aliphatic rings. The van der Waals surface area contributed by atoms with Crippen LogP contribution in [0.5, 0.6) is 5.75 Å². The van der Waals surface area contributed by atoms with Crippen LogP contribution in [0.1, 0.15) is 64.1 Å². The van der Waals surface area contributed by atoms with Crippen molar-refractivity contribution in [1.82, 2.24) is 20.4 Å². The number of ether oxygens (including phenoxy) is 1. The molecule has 3 aliphatic heterocycles. The maximum atomic E-state index is 13.2. The van der Waals surface area contributed by atoms with Gasteiger partial charge in [-0.1, -0.05) is 24.3 Å². The van der Waals surface area contributed by atoms with Crippen molar-refractivity contribution in [1.29, 1.82) is 0 Å². The SMILES string of the molecule is CCOc1cc2c(cc1C(=O)NCC(O)C1Cc3ccccc3CN1)CN(CC1CCN(C(C)=O)CC1)C2=O. The summed E-state index contributed by atoms with van der Waals surface area (Å²) >= 11 is 0. The lowest BCUT2D eigenvalue weighted by atomic mass is 9.93. The molecule has 2 unspecified atom stereocenters. The van der Waals surface area contributed by atoms with Crippen LogP contribution in [-0.4, -0.2) is 77.6 Å². The normalized spacial score (nSPS) is 19.9. The molecular weight excluding hydrogens is 496 g/mol. The Balaban J connectivity index is 1.22. The molecule has 0 spiro atoms. The summed E-state index contributed by atoms with van der Waals surface area (Å²) in [4.78, 5) is 41.8. The molecule has 0 aromatic heterocycles. The summed E-state index contributed by atoms with van der Waals surface area (Å²) in [7, 11) is 0. The molecule has 2 aromatic rings. The van der Waals surface area contributed by atoms with E-state index in [1.807, 2.05) is 28.9 Å². The van der Waals surface area contributed by atoms with Gasteiger partial charge >= 0.3 is 0 Å². The first-order valence-corrected chi connectivity index (χ1v) is 13.9. The number of carbonyl (C=O) groups is 3. The van der Waals surface area contributed by atoms with Crippen molar-refractivity contribution in [3.63, 3.8) is 0 Å². The van der Waals surface area contributed by atoms with Crippen LogP contribution in [0.3, 0.4) is 0 Å². The fourth-order valence-electron chi connectivity index (χ4n) is 5.93. The summed E-state index contributed by atoms with van der Waals surface area (Å²) in [5.74, 6) is 0.429. The number of hydrogen-bond donors (Lipinski definition) is 3. The van der Waals surface area contributed by atoms with Crippen LogP contribution in [0.4, 0.5) is 0 Å². The number of carbonyl (C=O) groups excluding carboxylic acids is 3. The van der Waals surface area contributed by atoms with E-state index in [4.69, 9.17) is 4.74 Å². The van der Waals surface area contributed by atoms with Crippen molar-refractivity contribution in [3.05, 3.63) is 64.2 Å². The van der Waals surface area contributed by atoms with Crippen LogP contribution in [0, 0.1) is 5.92 Å². The van der Waals surface area contributed by atoms with Gasteiger partial charge in [0.15, 0.2) is 0 Å². The van der Waals surface area contributed by atoms with E-state index in [1.54, 1.807) is 19.1 Å². The number of benzene rings is 2. The van der Waals surface area contributed by atoms with Gasteiger partial charge in [0.05, 0.1) is 18.3 Å². The van der Waals surface area contributed by atoms with Gasteiger partial charge in [-0.3, -0.25) is 14.4 Å². The van der Waals surface area contributed by atoms with Crippen LogP contribution in [-0.2, 0) is 24.3 Å². The van der Waals surface area contributed by atoms with Crippen LogP contribution >= 0.6 is 0 Å². The van der Waals surface area contributed by atoms with Crippen LogP contribution in [0.2, 0.25) is 0 Å². The van der Waals surface area contributed by atoms with E-state index in [-0.39, 0.29) is 30.3 Å².